The fourth-order valence-electron chi connectivity index (χ4n) is 5.37. The van der Waals surface area contributed by atoms with Crippen LogP contribution in [0, 0.1) is 11.3 Å². The first-order chi connectivity index (χ1) is 15.0. The molecule has 2 aromatic rings. The van der Waals surface area contributed by atoms with Crippen LogP contribution in [0.4, 0.5) is 0 Å². The van der Waals surface area contributed by atoms with E-state index in [1.807, 2.05) is 28.3 Å². The van der Waals surface area contributed by atoms with Gasteiger partial charge in [-0.25, -0.2) is 4.98 Å². The zero-order valence-corrected chi connectivity index (χ0v) is 18.4. The van der Waals surface area contributed by atoms with Crippen molar-refractivity contribution in [3.63, 3.8) is 0 Å². The predicted octanol–water partition coefficient (Wildman–Crippen LogP) is 3.00. The van der Waals surface area contributed by atoms with E-state index in [2.05, 4.69) is 29.6 Å². The van der Waals surface area contributed by atoms with E-state index in [1.165, 1.54) is 0 Å². The highest BCUT2D eigenvalue weighted by Crippen LogP contribution is 2.50. The molecule has 7 heteroatoms. The van der Waals surface area contributed by atoms with Gasteiger partial charge in [-0.15, -0.1) is 0 Å². The van der Waals surface area contributed by atoms with Crippen LogP contribution in [0.15, 0.2) is 37.1 Å². The summed E-state index contributed by atoms with van der Waals surface area (Å²) in [5, 5.41) is 0. The smallest absolute Gasteiger partial charge is 0.231 e. The fraction of sp³-hybridized carbons (Fsp3) is 0.583. The molecule has 4 heterocycles. The lowest BCUT2D eigenvalue weighted by molar-refractivity contribution is -0.139. The summed E-state index contributed by atoms with van der Waals surface area (Å²) in [5.74, 6) is 0.494. The number of carbonyl (C=O) groups is 2. The molecule has 2 aliphatic heterocycles. The molecule has 0 unspecified atom stereocenters. The summed E-state index contributed by atoms with van der Waals surface area (Å²) in [4.78, 5) is 39.6. The molecular weight excluding hydrogens is 390 g/mol. The molecule has 7 nitrogen and oxygen atoms in total. The topological polar surface area (TPSA) is 71.3 Å². The average Bonchev–Trinajstić information content (AvgIpc) is 3.42. The van der Waals surface area contributed by atoms with Gasteiger partial charge in [0.2, 0.25) is 11.8 Å². The molecule has 2 saturated heterocycles. The maximum absolute atomic E-state index is 13.8. The van der Waals surface area contributed by atoms with Gasteiger partial charge in [-0.1, -0.05) is 6.42 Å². The van der Waals surface area contributed by atoms with Gasteiger partial charge in [-0.2, -0.15) is 0 Å². The van der Waals surface area contributed by atoms with Crippen LogP contribution in [-0.4, -0.2) is 55.8 Å². The standard InChI is InChI=1S/C24H31N5O2/c1-17(2)29-14-21(26-16-29)20-13-28(22(30)19-4-3-5-19)15-24(20)8-11-27(23(24)31)12-18-6-9-25-10-7-18/h6-7,9-10,14,16-17,19-20H,3-5,8,11-13,15H2,1-2H3/t20-,24+/m1/s1. The molecule has 0 radical (unpaired) electrons. The van der Waals surface area contributed by atoms with Crippen molar-refractivity contribution in [2.45, 2.75) is 58.0 Å². The highest BCUT2D eigenvalue weighted by molar-refractivity contribution is 5.89. The summed E-state index contributed by atoms with van der Waals surface area (Å²) in [5.41, 5.74) is 1.46. The van der Waals surface area contributed by atoms with Gasteiger partial charge in [-0.05, 0) is 50.8 Å². The number of amides is 2. The van der Waals surface area contributed by atoms with E-state index >= 15 is 0 Å². The number of hydrogen-bond acceptors (Lipinski definition) is 4. The molecule has 2 aromatic heterocycles. The quantitative estimate of drug-likeness (QED) is 0.744. The van der Waals surface area contributed by atoms with Crippen molar-refractivity contribution in [1.82, 2.24) is 24.3 Å². The summed E-state index contributed by atoms with van der Waals surface area (Å²) >= 11 is 0. The Morgan fingerprint density at radius 2 is 2.03 bits per heavy atom. The summed E-state index contributed by atoms with van der Waals surface area (Å²) in [7, 11) is 0. The van der Waals surface area contributed by atoms with Crippen LogP contribution in [-0.2, 0) is 16.1 Å². The van der Waals surface area contributed by atoms with Crippen LogP contribution in [0.25, 0.3) is 0 Å². The Balaban J connectivity index is 1.44. The minimum Gasteiger partial charge on any atom is -0.341 e. The average molecular weight is 422 g/mol. The highest BCUT2D eigenvalue weighted by atomic mass is 16.2. The number of nitrogens with zero attached hydrogens (tertiary/aromatic N) is 5. The summed E-state index contributed by atoms with van der Waals surface area (Å²) in [6, 6.07) is 4.23. The number of rotatable bonds is 5. The second kappa shape index (κ2) is 7.77. The Morgan fingerprint density at radius 3 is 2.68 bits per heavy atom. The van der Waals surface area contributed by atoms with Crippen molar-refractivity contribution in [3.05, 3.63) is 48.3 Å². The Labute approximate surface area is 183 Å². The minimum absolute atomic E-state index is 0.0496. The maximum Gasteiger partial charge on any atom is 0.231 e. The number of aromatic nitrogens is 3. The lowest BCUT2D eigenvalue weighted by atomic mass is 9.75. The molecule has 0 aromatic carbocycles. The number of imidazole rings is 1. The first-order valence-electron chi connectivity index (χ1n) is 11.5. The molecular formula is C24H31N5O2. The molecule has 1 aliphatic carbocycles. The van der Waals surface area contributed by atoms with Crippen molar-refractivity contribution >= 4 is 11.8 Å². The predicted molar refractivity (Wildman–Crippen MR) is 116 cm³/mol. The third-order valence-corrected chi connectivity index (χ3v) is 7.55. The lowest BCUT2D eigenvalue weighted by Crippen LogP contribution is -2.42. The van der Waals surface area contributed by atoms with Gasteiger partial charge < -0.3 is 14.4 Å². The van der Waals surface area contributed by atoms with E-state index in [1.54, 1.807) is 12.4 Å². The second-order valence-electron chi connectivity index (χ2n) is 9.73. The van der Waals surface area contributed by atoms with Crippen molar-refractivity contribution in [2.24, 2.45) is 11.3 Å². The van der Waals surface area contributed by atoms with E-state index < -0.39 is 5.41 Å². The Hall–Kier alpha value is -2.70. The van der Waals surface area contributed by atoms with Crippen molar-refractivity contribution in [2.75, 3.05) is 19.6 Å². The molecule has 1 saturated carbocycles. The van der Waals surface area contributed by atoms with Gasteiger partial charge in [0.15, 0.2) is 0 Å². The van der Waals surface area contributed by atoms with E-state index in [9.17, 15) is 9.59 Å². The summed E-state index contributed by atoms with van der Waals surface area (Å²) in [6.45, 7) is 6.67. The normalized spacial score (nSPS) is 26.3. The van der Waals surface area contributed by atoms with Gasteiger partial charge >= 0.3 is 0 Å². The Morgan fingerprint density at radius 1 is 1.26 bits per heavy atom. The lowest BCUT2D eigenvalue weighted by Gasteiger charge is -2.30. The van der Waals surface area contributed by atoms with Gasteiger partial charge in [0.25, 0.3) is 0 Å². The molecule has 164 valence electrons. The molecule has 31 heavy (non-hydrogen) atoms. The molecule has 5 rings (SSSR count). The zero-order valence-electron chi connectivity index (χ0n) is 18.4. The zero-order chi connectivity index (χ0) is 21.6. The second-order valence-corrected chi connectivity index (χ2v) is 9.73. The van der Waals surface area contributed by atoms with Crippen LogP contribution >= 0.6 is 0 Å². The monoisotopic (exact) mass is 421 g/mol. The third kappa shape index (κ3) is 3.44. The molecule has 1 spiro atoms. The van der Waals surface area contributed by atoms with Gasteiger partial charge in [-0.3, -0.25) is 14.6 Å². The van der Waals surface area contributed by atoms with Gasteiger partial charge in [0, 0.05) is 62.6 Å². The number of carbonyl (C=O) groups excluding carboxylic acids is 2. The van der Waals surface area contributed by atoms with Crippen molar-refractivity contribution in [1.29, 1.82) is 0 Å². The van der Waals surface area contributed by atoms with Crippen LogP contribution in [0.3, 0.4) is 0 Å². The van der Waals surface area contributed by atoms with Crippen molar-refractivity contribution < 1.29 is 9.59 Å². The molecule has 0 bridgehead atoms. The van der Waals surface area contributed by atoms with E-state index in [4.69, 9.17) is 4.98 Å². The SMILES string of the molecule is CC(C)n1cnc([C@H]2CN(C(=O)C3CCC3)C[C@@]23CCN(Cc2ccncc2)C3=O)c1. The van der Waals surface area contributed by atoms with Crippen LogP contribution in [0.1, 0.15) is 62.7 Å². The van der Waals surface area contributed by atoms with Crippen LogP contribution < -0.4 is 0 Å². The molecule has 0 N–H and O–H groups in total. The number of pyridine rings is 1. The van der Waals surface area contributed by atoms with Crippen LogP contribution in [0.5, 0.6) is 0 Å². The van der Waals surface area contributed by atoms with Crippen LogP contribution in [0.2, 0.25) is 0 Å². The largest absolute Gasteiger partial charge is 0.341 e. The fourth-order valence-corrected chi connectivity index (χ4v) is 5.37. The number of likely N-dealkylation sites (tertiary alicyclic amines) is 2. The summed E-state index contributed by atoms with van der Waals surface area (Å²) in [6.07, 6.45) is 11.3. The molecule has 2 atom stereocenters. The molecule has 3 fully saturated rings. The van der Waals surface area contributed by atoms with Gasteiger partial charge in [0.05, 0.1) is 17.4 Å². The third-order valence-electron chi connectivity index (χ3n) is 7.55. The molecule has 3 aliphatic rings. The Bertz CT molecular complexity index is 967. The Kier molecular flexibility index (Phi) is 5.07. The van der Waals surface area contributed by atoms with E-state index in [0.29, 0.717) is 32.2 Å². The van der Waals surface area contributed by atoms with E-state index in [0.717, 1.165) is 36.9 Å². The minimum atomic E-state index is -0.567. The first kappa shape index (κ1) is 20.2. The highest BCUT2D eigenvalue weighted by Gasteiger charge is 2.59. The number of hydrogen-bond donors (Lipinski definition) is 0. The first-order valence-corrected chi connectivity index (χ1v) is 11.5. The molecule has 2 amide bonds. The maximum atomic E-state index is 13.8. The van der Waals surface area contributed by atoms with Crippen molar-refractivity contribution in [3.8, 4) is 0 Å². The van der Waals surface area contributed by atoms with E-state index in [-0.39, 0.29) is 23.7 Å². The summed E-state index contributed by atoms with van der Waals surface area (Å²) < 4.78 is 2.09. The van der Waals surface area contributed by atoms with Gasteiger partial charge in [0.1, 0.15) is 0 Å².